The van der Waals surface area contributed by atoms with Gasteiger partial charge in [-0.1, -0.05) is 36.4 Å². The van der Waals surface area contributed by atoms with Crippen LogP contribution in [0.5, 0.6) is 0 Å². The largest absolute Gasteiger partial charge is 0.361 e. The summed E-state index contributed by atoms with van der Waals surface area (Å²) < 4.78 is 0. The molecule has 0 aliphatic heterocycles. The van der Waals surface area contributed by atoms with Gasteiger partial charge in [0.2, 0.25) is 0 Å². The Labute approximate surface area is 117 Å². The van der Waals surface area contributed by atoms with E-state index < -0.39 is 0 Å². The maximum absolute atomic E-state index is 12.4. The van der Waals surface area contributed by atoms with Crippen molar-refractivity contribution in [3.8, 4) is 0 Å². The minimum Gasteiger partial charge on any atom is -0.361 e. The molecular weight excluding hydrogens is 248 g/mol. The third kappa shape index (κ3) is 2.43. The van der Waals surface area contributed by atoms with Crippen LogP contribution in [0.1, 0.15) is 15.9 Å². The van der Waals surface area contributed by atoms with Crippen molar-refractivity contribution in [3.63, 3.8) is 0 Å². The molecule has 100 valence electrons. The lowest BCUT2D eigenvalue weighted by molar-refractivity contribution is 0.0785. The molecule has 20 heavy (non-hydrogen) atoms. The number of aromatic nitrogens is 1. The molecule has 0 bridgehead atoms. The number of hydrogen-bond donors (Lipinski definition) is 1. The second-order valence-corrected chi connectivity index (χ2v) is 4.93. The molecule has 0 saturated heterocycles. The number of benzene rings is 2. The molecule has 1 N–H and O–H groups in total. The number of carbonyl (C=O) groups is 1. The van der Waals surface area contributed by atoms with Gasteiger partial charge in [-0.05, 0) is 29.1 Å². The number of nitrogens with zero attached hydrogens (tertiary/aromatic N) is 1. The molecule has 0 radical (unpaired) electrons. The smallest absolute Gasteiger partial charge is 0.253 e. The van der Waals surface area contributed by atoms with E-state index in [0.29, 0.717) is 12.1 Å². The fourth-order valence-electron chi connectivity index (χ4n) is 2.33. The molecule has 3 aromatic rings. The Kier molecular flexibility index (Phi) is 3.25. The van der Waals surface area contributed by atoms with E-state index in [-0.39, 0.29) is 5.91 Å². The van der Waals surface area contributed by atoms with Crippen molar-refractivity contribution in [3.05, 3.63) is 71.9 Å². The fourth-order valence-corrected chi connectivity index (χ4v) is 2.33. The monoisotopic (exact) mass is 264 g/mol. The van der Waals surface area contributed by atoms with Crippen LogP contribution in [0.15, 0.2) is 60.8 Å². The molecule has 0 aliphatic carbocycles. The van der Waals surface area contributed by atoms with Crippen LogP contribution in [0.3, 0.4) is 0 Å². The average molecular weight is 264 g/mol. The summed E-state index contributed by atoms with van der Waals surface area (Å²) in [6.45, 7) is 0.614. The predicted molar refractivity (Wildman–Crippen MR) is 80.5 cm³/mol. The molecule has 2 aromatic carbocycles. The summed E-state index contributed by atoms with van der Waals surface area (Å²) in [5.41, 5.74) is 2.83. The number of aromatic amines is 1. The second kappa shape index (κ2) is 5.21. The molecule has 0 spiro atoms. The van der Waals surface area contributed by atoms with E-state index >= 15 is 0 Å². The highest BCUT2D eigenvalue weighted by atomic mass is 16.2. The molecule has 3 nitrogen and oxygen atoms in total. The van der Waals surface area contributed by atoms with E-state index in [1.54, 1.807) is 4.90 Å². The van der Waals surface area contributed by atoms with Gasteiger partial charge in [-0.3, -0.25) is 4.79 Å². The van der Waals surface area contributed by atoms with Gasteiger partial charge in [-0.2, -0.15) is 0 Å². The molecule has 3 heteroatoms. The van der Waals surface area contributed by atoms with Crippen molar-refractivity contribution in [2.24, 2.45) is 0 Å². The number of hydrogen-bond acceptors (Lipinski definition) is 1. The van der Waals surface area contributed by atoms with Crippen molar-refractivity contribution in [1.29, 1.82) is 0 Å². The van der Waals surface area contributed by atoms with E-state index in [4.69, 9.17) is 0 Å². The summed E-state index contributed by atoms with van der Waals surface area (Å²) in [6.07, 6.45) is 1.88. The molecule has 1 amide bonds. The third-order valence-corrected chi connectivity index (χ3v) is 3.41. The van der Waals surface area contributed by atoms with E-state index in [1.165, 1.54) is 0 Å². The zero-order valence-electron chi connectivity index (χ0n) is 11.3. The highest BCUT2D eigenvalue weighted by Crippen LogP contribution is 2.16. The van der Waals surface area contributed by atoms with Crippen LogP contribution in [0.4, 0.5) is 0 Å². The molecule has 1 aromatic heterocycles. The Morgan fingerprint density at radius 2 is 1.90 bits per heavy atom. The average Bonchev–Trinajstić information content (AvgIpc) is 2.94. The summed E-state index contributed by atoms with van der Waals surface area (Å²) in [6, 6.07) is 17.7. The highest BCUT2D eigenvalue weighted by molar-refractivity contribution is 5.97. The van der Waals surface area contributed by atoms with E-state index in [2.05, 4.69) is 4.98 Å². The summed E-state index contributed by atoms with van der Waals surface area (Å²) in [5.74, 6) is 0.0327. The van der Waals surface area contributed by atoms with Crippen LogP contribution >= 0.6 is 0 Å². The first-order chi connectivity index (χ1) is 9.74. The molecule has 0 aliphatic rings. The summed E-state index contributed by atoms with van der Waals surface area (Å²) in [7, 11) is 1.83. The van der Waals surface area contributed by atoms with Crippen LogP contribution in [0.25, 0.3) is 10.9 Å². The van der Waals surface area contributed by atoms with Crippen molar-refractivity contribution >= 4 is 16.8 Å². The number of rotatable bonds is 3. The van der Waals surface area contributed by atoms with Crippen LogP contribution in [-0.4, -0.2) is 22.8 Å². The number of nitrogens with one attached hydrogen (secondary N) is 1. The summed E-state index contributed by atoms with van der Waals surface area (Å²) >= 11 is 0. The van der Waals surface area contributed by atoms with E-state index in [9.17, 15) is 4.79 Å². The Hall–Kier alpha value is -2.55. The van der Waals surface area contributed by atoms with Crippen LogP contribution < -0.4 is 0 Å². The topological polar surface area (TPSA) is 36.1 Å². The summed E-state index contributed by atoms with van der Waals surface area (Å²) in [5, 5.41) is 1.12. The van der Waals surface area contributed by atoms with E-state index in [0.717, 1.165) is 16.5 Å². The second-order valence-electron chi connectivity index (χ2n) is 4.93. The van der Waals surface area contributed by atoms with Gasteiger partial charge in [0.25, 0.3) is 5.91 Å². The Morgan fingerprint density at radius 1 is 1.10 bits per heavy atom. The normalized spacial score (nSPS) is 10.7. The molecule has 0 fully saturated rings. The Morgan fingerprint density at radius 3 is 2.70 bits per heavy atom. The third-order valence-electron chi connectivity index (χ3n) is 3.41. The zero-order chi connectivity index (χ0) is 13.9. The minimum atomic E-state index is 0.0327. The van der Waals surface area contributed by atoms with Gasteiger partial charge in [0.05, 0.1) is 0 Å². The molecular formula is C17H16N2O. The lowest BCUT2D eigenvalue weighted by Crippen LogP contribution is -2.26. The number of H-pyrrole nitrogens is 1. The molecule has 0 atom stereocenters. The zero-order valence-corrected chi connectivity index (χ0v) is 11.3. The van der Waals surface area contributed by atoms with Crippen molar-refractivity contribution in [2.75, 3.05) is 7.05 Å². The number of carbonyl (C=O) groups excluding carboxylic acids is 1. The number of amides is 1. The Bertz CT molecular complexity index is 731. The minimum absolute atomic E-state index is 0.0327. The van der Waals surface area contributed by atoms with Gasteiger partial charge < -0.3 is 9.88 Å². The predicted octanol–water partition coefficient (Wildman–Crippen LogP) is 3.44. The van der Waals surface area contributed by atoms with Crippen molar-refractivity contribution < 1.29 is 4.79 Å². The van der Waals surface area contributed by atoms with Gasteiger partial charge in [0.1, 0.15) is 0 Å². The van der Waals surface area contributed by atoms with Gasteiger partial charge in [-0.15, -0.1) is 0 Å². The number of fused-ring (bicyclic) bond motifs is 1. The van der Waals surface area contributed by atoms with E-state index in [1.807, 2.05) is 67.8 Å². The lowest BCUT2D eigenvalue weighted by atomic mass is 10.1. The Balaban J connectivity index is 1.80. The standard InChI is InChI=1S/C17H16N2O/c1-19(12-13-5-3-2-4-6-13)17(20)15-8-7-14-9-10-18-16(14)11-15/h2-11,18H,12H2,1H3. The van der Waals surface area contributed by atoms with Crippen LogP contribution in [-0.2, 0) is 6.54 Å². The molecule has 0 saturated carbocycles. The highest BCUT2D eigenvalue weighted by Gasteiger charge is 2.12. The van der Waals surface area contributed by atoms with Crippen LogP contribution in [0, 0.1) is 0 Å². The molecule has 3 rings (SSSR count). The lowest BCUT2D eigenvalue weighted by Gasteiger charge is -2.17. The van der Waals surface area contributed by atoms with Crippen molar-refractivity contribution in [1.82, 2.24) is 9.88 Å². The fraction of sp³-hybridized carbons (Fsp3) is 0.118. The SMILES string of the molecule is CN(Cc1ccccc1)C(=O)c1ccc2cc[nH]c2c1. The quantitative estimate of drug-likeness (QED) is 0.773. The van der Waals surface area contributed by atoms with Crippen LogP contribution in [0.2, 0.25) is 0 Å². The van der Waals surface area contributed by atoms with Gasteiger partial charge in [0, 0.05) is 30.9 Å². The van der Waals surface area contributed by atoms with Gasteiger partial charge >= 0.3 is 0 Å². The molecule has 1 heterocycles. The van der Waals surface area contributed by atoms with Gasteiger partial charge in [0.15, 0.2) is 0 Å². The first kappa shape index (κ1) is 12.5. The first-order valence-electron chi connectivity index (χ1n) is 6.60. The first-order valence-corrected chi connectivity index (χ1v) is 6.60. The summed E-state index contributed by atoms with van der Waals surface area (Å²) in [4.78, 5) is 17.3. The maximum Gasteiger partial charge on any atom is 0.253 e. The maximum atomic E-state index is 12.4. The molecule has 0 unspecified atom stereocenters. The van der Waals surface area contributed by atoms with Gasteiger partial charge in [-0.25, -0.2) is 0 Å². The van der Waals surface area contributed by atoms with Crippen molar-refractivity contribution in [2.45, 2.75) is 6.54 Å².